The molecule has 6 heteroatoms. The summed E-state index contributed by atoms with van der Waals surface area (Å²) in [6.45, 7) is 6.15. The number of aryl methyl sites for hydroxylation is 1. The second-order valence-electron chi connectivity index (χ2n) is 7.12. The maximum absolute atomic E-state index is 12.9. The van der Waals surface area contributed by atoms with Crippen molar-refractivity contribution in [1.82, 2.24) is 5.32 Å². The van der Waals surface area contributed by atoms with E-state index in [1.54, 1.807) is 18.2 Å². The molecule has 0 aliphatic carbocycles. The third kappa shape index (κ3) is 4.89. The molecule has 3 aromatic rings. The third-order valence-electron chi connectivity index (χ3n) is 4.32. The van der Waals surface area contributed by atoms with Crippen LogP contribution < -0.4 is 10.6 Å². The van der Waals surface area contributed by atoms with Gasteiger partial charge in [-0.05, 0) is 48.6 Å². The number of benzene rings is 1. The first-order valence-electron chi connectivity index (χ1n) is 9.25. The summed E-state index contributed by atoms with van der Waals surface area (Å²) in [5.41, 5.74) is 1.92. The van der Waals surface area contributed by atoms with Crippen LogP contribution in [0, 0.1) is 12.8 Å². The number of hydrogen-bond acceptors (Lipinski definition) is 4. The third-order valence-corrected chi connectivity index (χ3v) is 5.47. The topological polar surface area (TPSA) is 71.3 Å². The van der Waals surface area contributed by atoms with Gasteiger partial charge in [0.25, 0.3) is 11.8 Å². The molecule has 5 nitrogen and oxygen atoms in total. The second-order valence-corrected chi connectivity index (χ2v) is 8.17. The van der Waals surface area contributed by atoms with Crippen LogP contribution in [0.2, 0.25) is 0 Å². The van der Waals surface area contributed by atoms with Crippen molar-refractivity contribution < 1.29 is 14.0 Å². The molecular formula is C22H24N2O3S. The highest BCUT2D eigenvalue weighted by Crippen LogP contribution is 2.29. The van der Waals surface area contributed by atoms with Crippen molar-refractivity contribution in [2.45, 2.75) is 33.2 Å². The quantitative estimate of drug-likeness (QED) is 0.560. The summed E-state index contributed by atoms with van der Waals surface area (Å²) >= 11 is 1.26. The highest BCUT2D eigenvalue weighted by Gasteiger charge is 2.21. The predicted octanol–water partition coefficient (Wildman–Crippen LogP) is 5.42. The molecule has 0 bridgehead atoms. The smallest absolute Gasteiger partial charge is 0.291 e. The van der Waals surface area contributed by atoms with E-state index in [4.69, 9.17) is 4.42 Å². The summed E-state index contributed by atoms with van der Waals surface area (Å²) < 4.78 is 5.10. The predicted molar refractivity (Wildman–Crippen MR) is 112 cm³/mol. The van der Waals surface area contributed by atoms with Crippen LogP contribution in [-0.2, 0) is 0 Å². The Balaban J connectivity index is 1.74. The summed E-state index contributed by atoms with van der Waals surface area (Å²) in [6.07, 6.45) is 2.30. The van der Waals surface area contributed by atoms with E-state index in [9.17, 15) is 9.59 Å². The van der Waals surface area contributed by atoms with E-state index in [0.717, 1.165) is 17.5 Å². The number of furan rings is 1. The Morgan fingerprint density at radius 1 is 1.07 bits per heavy atom. The molecule has 0 aliphatic heterocycles. The molecule has 2 N–H and O–H groups in total. The van der Waals surface area contributed by atoms with Crippen LogP contribution in [0.3, 0.4) is 0 Å². The maximum atomic E-state index is 12.9. The Hall–Kier alpha value is -2.86. The highest BCUT2D eigenvalue weighted by molar-refractivity contribution is 7.18. The molecule has 3 rings (SSSR count). The zero-order valence-corrected chi connectivity index (χ0v) is 17.0. The molecule has 0 fully saturated rings. The van der Waals surface area contributed by atoms with Crippen molar-refractivity contribution in [2.24, 2.45) is 5.92 Å². The molecule has 2 aromatic heterocycles. The average molecular weight is 397 g/mol. The lowest BCUT2D eigenvalue weighted by Crippen LogP contribution is -2.29. The zero-order valence-electron chi connectivity index (χ0n) is 16.2. The van der Waals surface area contributed by atoms with E-state index in [-0.39, 0.29) is 23.6 Å². The first-order chi connectivity index (χ1) is 13.4. The largest absolute Gasteiger partial charge is 0.459 e. The fourth-order valence-corrected chi connectivity index (χ4v) is 3.98. The molecule has 1 atom stereocenters. The molecule has 0 saturated heterocycles. The molecule has 0 unspecified atom stereocenters. The Kier molecular flexibility index (Phi) is 6.31. The molecule has 2 heterocycles. The van der Waals surface area contributed by atoms with Gasteiger partial charge in [0, 0.05) is 0 Å². The summed E-state index contributed by atoms with van der Waals surface area (Å²) in [7, 11) is 0. The fourth-order valence-electron chi connectivity index (χ4n) is 3.01. The van der Waals surface area contributed by atoms with Crippen LogP contribution in [0.25, 0.3) is 0 Å². The number of nitrogens with one attached hydrogen (secondary N) is 2. The summed E-state index contributed by atoms with van der Waals surface area (Å²) in [5, 5.41) is 6.55. The van der Waals surface area contributed by atoms with E-state index < -0.39 is 0 Å². The Bertz CT molecular complexity index is 930. The molecule has 2 amide bonds. The van der Waals surface area contributed by atoms with Gasteiger partial charge in [0.2, 0.25) is 0 Å². The minimum Gasteiger partial charge on any atom is -0.459 e. The van der Waals surface area contributed by atoms with E-state index in [2.05, 4.69) is 24.5 Å². The van der Waals surface area contributed by atoms with Crippen LogP contribution in [0.1, 0.15) is 57.7 Å². The molecule has 146 valence electrons. The highest BCUT2D eigenvalue weighted by atomic mass is 32.1. The number of rotatable bonds is 7. The van der Waals surface area contributed by atoms with Crippen LogP contribution in [0.15, 0.2) is 59.2 Å². The van der Waals surface area contributed by atoms with Crippen molar-refractivity contribution >= 4 is 28.2 Å². The van der Waals surface area contributed by atoms with Crippen molar-refractivity contribution in [3.05, 3.63) is 76.6 Å². The van der Waals surface area contributed by atoms with E-state index in [0.29, 0.717) is 15.8 Å². The Morgan fingerprint density at radius 2 is 1.82 bits per heavy atom. The lowest BCUT2D eigenvalue weighted by molar-refractivity contribution is 0.0934. The van der Waals surface area contributed by atoms with Gasteiger partial charge in [-0.1, -0.05) is 44.2 Å². The molecule has 0 aliphatic rings. The average Bonchev–Trinajstić information content (AvgIpc) is 3.31. The molecule has 0 radical (unpaired) electrons. The molecule has 1 aromatic carbocycles. The molecule has 28 heavy (non-hydrogen) atoms. The van der Waals surface area contributed by atoms with Gasteiger partial charge in [0.05, 0.1) is 22.2 Å². The number of thiophene rings is 1. The van der Waals surface area contributed by atoms with Crippen molar-refractivity contribution in [3.63, 3.8) is 0 Å². The first-order valence-corrected chi connectivity index (χ1v) is 10.1. The monoisotopic (exact) mass is 396 g/mol. The molecular weight excluding hydrogens is 372 g/mol. The molecule has 0 saturated carbocycles. The summed E-state index contributed by atoms with van der Waals surface area (Å²) in [4.78, 5) is 25.7. The van der Waals surface area contributed by atoms with Crippen molar-refractivity contribution in [3.8, 4) is 0 Å². The van der Waals surface area contributed by atoms with Gasteiger partial charge in [0.1, 0.15) is 0 Å². The summed E-state index contributed by atoms with van der Waals surface area (Å²) in [5.74, 6) is 0.215. The minimum absolute atomic E-state index is 0.0589. The van der Waals surface area contributed by atoms with Crippen LogP contribution in [0.4, 0.5) is 5.00 Å². The fraction of sp³-hybridized carbons (Fsp3) is 0.273. The van der Waals surface area contributed by atoms with Gasteiger partial charge in [-0.2, -0.15) is 0 Å². The minimum atomic E-state index is -0.333. The zero-order chi connectivity index (χ0) is 20.1. The van der Waals surface area contributed by atoms with Gasteiger partial charge in [-0.15, -0.1) is 11.3 Å². The molecule has 0 spiro atoms. The number of carbonyl (C=O) groups is 2. The van der Waals surface area contributed by atoms with E-state index in [1.807, 2.05) is 37.3 Å². The van der Waals surface area contributed by atoms with Crippen LogP contribution in [0.5, 0.6) is 0 Å². The van der Waals surface area contributed by atoms with Crippen molar-refractivity contribution in [1.29, 1.82) is 0 Å². The number of carbonyl (C=O) groups excluding carboxylic acids is 2. The Morgan fingerprint density at radius 3 is 2.46 bits per heavy atom. The normalized spacial score (nSPS) is 12.0. The van der Waals surface area contributed by atoms with Gasteiger partial charge >= 0.3 is 0 Å². The summed E-state index contributed by atoms with van der Waals surface area (Å²) in [6, 6.07) is 15.0. The lowest BCUT2D eigenvalue weighted by Gasteiger charge is -2.21. The number of amides is 2. The van der Waals surface area contributed by atoms with Gasteiger partial charge < -0.3 is 15.1 Å². The van der Waals surface area contributed by atoms with Crippen LogP contribution in [-0.4, -0.2) is 11.8 Å². The van der Waals surface area contributed by atoms with Crippen molar-refractivity contribution in [2.75, 3.05) is 5.32 Å². The number of hydrogen-bond donors (Lipinski definition) is 2. The van der Waals surface area contributed by atoms with Crippen LogP contribution >= 0.6 is 11.3 Å². The SMILES string of the molecule is Cc1cc(NC(=O)c2ccco2)sc1C(=O)N[C@H](CC(C)C)c1ccccc1. The number of anilines is 1. The first kappa shape index (κ1) is 19.9. The standard InChI is InChI=1S/C22H24N2O3S/c1-14(2)12-17(16-8-5-4-6-9-16)23-22(26)20-15(3)13-19(28-20)24-21(25)18-10-7-11-27-18/h4-11,13-14,17H,12H2,1-3H3,(H,23,26)(H,24,25)/t17-/m1/s1. The van der Waals surface area contributed by atoms with Gasteiger partial charge in [0.15, 0.2) is 5.76 Å². The lowest BCUT2D eigenvalue weighted by atomic mass is 9.97. The van der Waals surface area contributed by atoms with E-state index in [1.165, 1.54) is 17.6 Å². The van der Waals surface area contributed by atoms with E-state index >= 15 is 0 Å². The second kappa shape index (κ2) is 8.89. The Labute approximate surface area is 168 Å². The van der Waals surface area contributed by atoms with Gasteiger partial charge in [-0.25, -0.2) is 0 Å². The maximum Gasteiger partial charge on any atom is 0.291 e. The van der Waals surface area contributed by atoms with Gasteiger partial charge in [-0.3, -0.25) is 9.59 Å².